The summed E-state index contributed by atoms with van der Waals surface area (Å²) in [5.41, 5.74) is 2.42. The monoisotopic (exact) mass is 421 g/mol. The Morgan fingerprint density at radius 2 is 1.93 bits per heavy atom. The molecule has 150 valence electrons. The number of aryl methyl sites for hydroxylation is 2. The molecule has 0 unspecified atom stereocenters. The highest BCUT2D eigenvalue weighted by Gasteiger charge is 2.16. The number of fused-ring (bicyclic) bond motifs is 3. The molecule has 0 amide bonds. The molecule has 0 saturated carbocycles. The summed E-state index contributed by atoms with van der Waals surface area (Å²) in [6.45, 7) is 1.95. The molecule has 2 aromatic carbocycles. The first-order valence-corrected chi connectivity index (χ1v) is 10.2. The molecule has 5 rings (SSSR count). The van der Waals surface area contributed by atoms with Crippen LogP contribution in [0, 0.1) is 12.7 Å². The van der Waals surface area contributed by atoms with E-state index < -0.39 is 0 Å². The number of thioether (sulfide) groups is 1. The standard InChI is InChI=1S/C21H16FN5O2S/c1-12-3-8-16-15(9-12)19(28)26(2)20-25-24-18(27(16)20)11-30-21-23-10-17(29-21)13-4-6-14(22)7-5-13/h3-10H,11H2,1-2H3. The predicted octanol–water partition coefficient (Wildman–Crippen LogP) is 3.98. The molecule has 0 N–H and O–H groups in total. The molecule has 5 aromatic rings. The molecule has 0 atom stereocenters. The van der Waals surface area contributed by atoms with Crippen molar-refractivity contribution >= 4 is 28.4 Å². The zero-order chi connectivity index (χ0) is 20.8. The zero-order valence-electron chi connectivity index (χ0n) is 16.2. The summed E-state index contributed by atoms with van der Waals surface area (Å²) in [6, 6.07) is 11.8. The first kappa shape index (κ1) is 18.6. The van der Waals surface area contributed by atoms with Crippen LogP contribution in [0.3, 0.4) is 0 Å². The SMILES string of the molecule is Cc1ccc2c(c1)c(=O)n(C)c1nnc(CSc3ncc(-c4ccc(F)cc4)o3)n21. The summed E-state index contributed by atoms with van der Waals surface area (Å²) >= 11 is 1.37. The fourth-order valence-corrected chi connectivity index (χ4v) is 4.07. The number of hydrogen-bond donors (Lipinski definition) is 0. The molecular weight excluding hydrogens is 405 g/mol. The summed E-state index contributed by atoms with van der Waals surface area (Å²) in [6.07, 6.45) is 1.61. The average Bonchev–Trinajstić information content (AvgIpc) is 3.38. The second-order valence-corrected chi connectivity index (χ2v) is 7.85. The average molecular weight is 421 g/mol. The van der Waals surface area contributed by atoms with Crippen molar-refractivity contribution in [2.24, 2.45) is 7.05 Å². The molecule has 3 heterocycles. The van der Waals surface area contributed by atoms with Crippen LogP contribution in [-0.2, 0) is 12.8 Å². The lowest BCUT2D eigenvalue weighted by atomic mass is 10.1. The number of aromatic nitrogens is 5. The molecule has 0 aliphatic carbocycles. The van der Waals surface area contributed by atoms with Crippen LogP contribution in [-0.4, -0.2) is 24.1 Å². The molecule has 0 bridgehead atoms. The second-order valence-electron chi connectivity index (χ2n) is 6.92. The van der Waals surface area contributed by atoms with Gasteiger partial charge in [-0.25, -0.2) is 9.37 Å². The van der Waals surface area contributed by atoms with Crippen LogP contribution >= 0.6 is 11.8 Å². The molecule has 0 aliphatic heterocycles. The van der Waals surface area contributed by atoms with Gasteiger partial charge in [-0.15, -0.1) is 10.2 Å². The predicted molar refractivity (Wildman–Crippen MR) is 112 cm³/mol. The van der Waals surface area contributed by atoms with E-state index in [1.165, 1.54) is 28.5 Å². The van der Waals surface area contributed by atoms with Gasteiger partial charge in [0.1, 0.15) is 11.6 Å². The van der Waals surface area contributed by atoms with Crippen molar-refractivity contribution in [2.45, 2.75) is 17.9 Å². The summed E-state index contributed by atoms with van der Waals surface area (Å²) in [5.74, 6) is 1.87. The summed E-state index contributed by atoms with van der Waals surface area (Å²) in [5, 5.41) is 9.57. The molecule has 9 heteroatoms. The fraction of sp³-hybridized carbons (Fsp3) is 0.143. The third-order valence-electron chi connectivity index (χ3n) is 4.88. The Morgan fingerprint density at radius 3 is 2.73 bits per heavy atom. The minimum atomic E-state index is -0.302. The van der Waals surface area contributed by atoms with Gasteiger partial charge in [0.15, 0.2) is 5.76 Å². The van der Waals surface area contributed by atoms with Crippen LogP contribution in [0.2, 0.25) is 0 Å². The molecule has 0 saturated heterocycles. The van der Waals surface area contributed by atoms with E-state index >= 15 is 0 Å². The molecule has 0 fully saturated rings. The number of halogens is 1. The van der Waals surface area contributed by atoms with Gasteiger partial charge in [-0.3, -0.25) is 13.8 Å². The maximum absolute atomic E-state index is 13.1. The van der Waals surface area contributed by atoms with Crippen molar-refractivity contribution in [3.63, 3.8) is 0 Å². The molecular formula is C21H16FN5O2S. The Balaban J connectivity index is 1.49. The van der Waals surface area contributed by atoms with Crippen molar-refractivity contribution in [2.75, 3.05) is 0 Å². The van der Waals surface area contributed by atoms with E-state index in [4.69, 9.17) is 4.42 Å². The van der Waals surface area contributed by atoms with E-state index in [0.29, 0.717) is 33.7 Å². The van der Waals surface area contributed by atoms with Crippen LogP contribution in [0.4, 0.5) is 4.39 Å². The van der Waals surface area contributed by atoms with Crippen molar-refractivity contribution in [1.29, 1.82) is 0 Å². The summed E-state index contributed by atoms with van der Waals surface area (Å²) in [7, 11) is 1.69. The molecule has 0 spiro atoms. The number of hydrogen-bond acceptors (Lipinski definition) is 6. The Kier molecular flexibility index (Phi) is 4.39. The van der Waals surface area contributed by atoms with Gasteiger partial charge in [0.25, 0.3) is 10.8 Å². The lowest BCUT2D eigenvalue weighted by Gasteiger charge is -2.08. The minimum Gasteiger partial charge on any atom is -0.431 e. The van der Waals surface area contributed by atoms with Gasteiger partial charge in [-0.2, -0.15) is 0 Å². The van der Waals surface area contributed by atoms with Crippen molar-refractivity contribution in [3.05, 3.63) is 76.2 Å². The van der Waals surface area contributed by atoms with Gasteiger partial charge in [0.2, 0.25) is 5.78 Å². The first-order valence-electron chi connectivity index (χ1n) is 9.19. The van der Waals surface area contributed by atoms with Crippen molar-refractivity contribution in [3.8, 4) is 11.3 Å². The maximum Gasteiger partial charge on any atom is 0.262 e. The van der Waals surface area contributed by atoms with Gasteiger partial charge in [0, 0.05) is 12.6 Å². The topological polar surface area (TPSA) is 78.2 Å². The van der Waals surface area contributed by atoms with Crippen LogP contribution < -0.4 is 5.56 Å². The highest BCUT2D eigenvalue weighted by atomic mass is 32.2. The Labute approximate surface area is 174 Å². The summed E-state index contributed by atoms with van der Waals surface area (Å²) < 4.78 is 22.3. The zero-order valence-corrected chi connectivity index (χ0v) is 17.0. The quantitative estimate of drug-likeness (QED) is 0.409. The van der Waals surface area contributed by atoms with E-state index in [1.54, 1.807) is 25.4 Å². The van der Waals surface area contributed by atoms with Gasteiger partial charge in [0.05, 0.1) is 22.9 Å². The van der Waals surface area contributed by atoms with Gasteiger partial charge >= 0.3 is 0 Å². The number of oxazole rings is 1. The van der Waals surface area contributed by atoms with Crippen LogP contribution in [0.5, 0.6) is 0 Å². The number of rotatable bonds is 4. The lowest BCUT2D eigenvalue weighted by molar-refractivity contribution is 0.466. The third kappa shape index (κ3) is 3.07. The first-order chi connectivity index (χ1) is 14.5. The molecule has 7 nitrogen and oxygen atoms in total. The van der Waals surface area contributed by atoms with E-state index in [9.17, 15) is 9.18 Å². The Morgan fingerprint density at radius 1 is 1.13 bits per heavy atom. The van der Waals surface area contributed by atoms with Crippen LogP contribution in [0.25, 0.3) is 28.0 Å². The molecule has 3 aromatic heterocycles. The number of benzene rings is 2. The highest BCUT2D eigenvalue weighted by Crippen LogP contribution is 2.28. The smallest absolute Gasteiger partial charge is 0.262 e. The molecule has 0 aliphatic rings. The largest absolute Gasteiger partial charge is 0.431 e. The Bertz CT molecular complexity index is 1450. The second kappa shape index (κ2) is 7.10. The minimum absolute atomic E-state index is 0.107. The number of nitrogens with zero attached hydrogens (tertiary/aromatic N) is 5. The lowest BCUT2D eigenvalue weighted by Crippen LogP contribution is -2.20. The summed E-state index contributed by atoms with van der Waals surface area (Å²) in [4.78, 5) is 17.0. The molecule has 0 radical (unpaired) electrons. The third-order valence-corrected chi connectivity index (χ3v) is 5.72. The highest BCUT2D eigenvalue weighted by molar-refractivity contribution is 7.98. The van der Waals surface area contributed by atoms with Crippen molar-refractivity contribution in [1.82, 2.24) is 24.1 Å². The van der Waals surface area contributed by atoms with Gasteiger partial charge in [-0.1, -0.05) is 23.4 Å². The van der Waals surface area contributed by atoms with E-state index in [1.807, 2.05) is 29.5 Å². The Hall–Kier alpha value is -3.46. The van der Waals surface area contributed by atoms with E-state index in [0.717, 1.165) is 16.6 Å². The maximum atomic E-state index is 13.1. The van der Waals surface area contributed by atoms with Gasteiger partial charge < -0.3 is 4.42 Å². The fourth-order valence-electron chi connectivity index (χ4n) is 3.35. The molecule has 30 heavy (non-hydrogen) atoms. The normalized spacial score (nSPS) is 11.6. The van der Waals surface area contributed by atoms with E-state index in [2.05, 4.69) is 15.2 Å². The van der Waals surface area contributed by atoms with Gasteiger partial charge in [-0.05, 0) is 43.3 Å². The van der Waals surface area contributed by atoms with Crippen LogP contribution in [0.1, 0.15) is 11.4 Å². The van der Waals surface area contributed by atoms with E-state index in [-0.39, 0.29) is 11.4 Å². The van der Waals surface area contributed by atoms with Crippen molar-refractivity contribution < 1.29 is 8.81 Å². The van der Waals surface area contributed by atoms with Crippen LogP contribution in [0.15, 0.2) is 63.1 Å².